The van der Waals surface area contributed by atoms with E-state index in [4.69, 9.17) is 4.98 Å². The number of fused-ring (bicyclic) bond motifs is 3. The van der Waals surface area contributed by atoms with E-state index in [9.17, 15) is 0 Å². The fourth-order valence-corrected chi connectivity index (χ4v) is 3.94. The van der Waals surface area contributed by atoms with E-state index in [2.05, 4.69) is 96.5 Å². The van der Waals surface area contributed by atoms with E-state index in [1.165, 1.54) is 16.7 Å². The van der Waals surface area contributed by atoms with Gasteiger partial charge in [0.05, 0.1) is 5.52 Å². The SMILES string of the molecule is CN(c1cccc(-c2ccc(C(C)(C)C)cc2)c1)c1nc2nncn2c2ccccc12. The summed E-state index contributed by atoms with van der Waals surface area (Å²) in [5.41, 5.74) is 5.97. The fraction of sp³-hybridized carbons (Fsp3) is 0.192. The first-order chi connectivity index (χ1) is 14.9. The molecule has 0 aliphatic carbocycles. The van der Waals surface area contributed by atoms with Crippen molar-refractivity contribution < 1.29 is 0 Å². The molecule has 0 aliphatic heterocycles. The smallest absolute Gasteiger partial charge is 0.257 e. The molecule has 0 atom stereocenters. The van der Waals surface area contributed by atoms with Crippen molar-refractivity contribution in [1.29, 1.82) is 0 Å². The normalized spacial score (nSPS) is 11.9. The van der Waals surface area contributed by atoms with Crippen molar-refractivity contribution in [3.8, 4) is 11.1 Å². The number of hydrogen-bond donors (Lipinski definition) is 0. The lowest BCUT2D eigenvalue weighted by atomic mass is 9.86. The largest absolute Gasteiger partial charge is 0.329 e. The van der Waals surface area contributed by atoms with Gasteiger partial charge in [-0.25, -0.2) is 0 Å². The molecule has 5 heteroatoms. The molecule has 154 valence electrons. The summed E-state index contributed by atoms with van der Waals surface area (Å²) in [6.45, 7) is 6.71. The Hall–Kier alpha value is -3.73. The zero-order valence-corrected chi connectivity index (χ0v) is 18.2. The first-order valence-corrected chi connectivity index (χ1v) is 10.4. The van der Waals surface area contributed by atoms with Crippen molar-refractivity contribution in [3.63, 3.8) is 0 Å². The van der Waals surface area contributed by atoms with Crippen LogP contribution in [0.25, 0.3) is 27.8 Å². The van der Waals surface area contributed by atoms with Gasteiger partial charge in [0.25, 0.3) is 5.78 Å². The number of aromatic nitrogens is 4. The molecule has 0 fully saturated rings. The van der Waals surface area contributed by atoms with E-state index in [1.807, 2.05) is 23.6 Å². The summed E-state index contributed by atoms with van der Waals surface area (Å²) < 4.78 is 1.92. The molecule has 0 bridgehead atoms. The lowest BCUT2D eigenvalue weighted by Gasteiger charge is -2.21. The van der Waals surface area contributed by atoms with Crippen LogP contribution in [0.15, 0.2) is 79.1 Å². The van der Waals surface area contributed by atoms with Crippen LogP contribution in [0.5, 0.6) is 0 Å². The Balaban J connectivity index is 1.57. The highest BCUT2D eigenvalue weighted by atomic mass is 15.3. The molecule has 31 heavy (non-hydrogen) atoms. The standard InChI is InChI=1S/C26H25N5/c1-26(2,3)20-14-12-18(13-15-20)19-8-7-9-21(16-19)30(4)24-22-10-5-6-11-23(22)31-17-27-29-25(31)28-24/h5-17H,1-4H3. The van der Waals surface area contributed by atoms with Crippen LogP contribution in [0.1, 0.15) is 26.3 Å². The van der Waals surface area contributed by atoms with Crippen molar-refractivity contribution in [2.24, 2.45) is 0 Å². The van der Waals surface area contributed by atoms with Crippen LogP contribution in [-0.2, 0) is 5.41 Å². The predicted molar refractivity (Wildman–Crippen MR) is 127 cm³/mol. The first kappa shape index (κ1) is 19.2. The third-order valence-electron chi connectivity index (χ3n) is 5.78. The Kier molecular flexibility index (Phi) is 4.47. The molecular weight excluding hydrogens is 382 g/mol. The molecule has 3 aromatic carbocycles. The van der Waals surface area contributed by atoms with E-state index in [0.29, 0.717) is 5.78 Å². The van der Waals surface area contributed by atoms with Crippen molar-refractivity contribution >= 4 is 28.2 Å². The first-order valence-electron chi connectivity index (χ1n) is 10.4. The molecule has 0 unspecified atom stereocenters. The second-order valence-electron chi connectivity index (χ2n) is 8.89. The summed E-state index contributed by atoms with van der Waals surface area (Å²) in [6.07, 6.45) is 1.70. The molecule has 5 aromatic rings. The highest BCUT2D eigenvalue weighted by molar-refractivity contribution is 5.93. The van der Waals surface area contributed by atoms with E-state index < -0.39 is 0 Å². The molecule has 0 spiro atoms. The van der Waals surface area contributed by atoms with Gasteiger partial charge in [0.15, 0.2) is 0 Å². The maximum Gasteiger partial charge on any atom is 0.257 e. The molecule has 2 heterocycles. The predicted octanol–water partition coefficient (Wildman–Crippen LogP) is 6.01. The quantitative estimate of drug-likeness (QED) is 0.367. The van der Waals surface area contributed by atoms with Gasteiger partial charge in [0.2, 0.25) is 0 Å². The van der Waals surface area contributed by atoms with Crippen molar-refractivity contribution in [3.05, 3.63) is 84.7 Å². The van der Waals surface area contributed by atoms with Crippen LogP contribution >= 0.6 is 0 Å². The van der Waals surface area contributed by atoms with Crippen LogP contribution in [0, 0.1) is 0 Å². The summed E-state index contributed by atoms with van der Waals surface area (Å²) in [6, 6.07) is 25.6. The van der Waals surface area contributed by atoms with Crippen LogP contribution < -0.4 is 4.90 Å². The van der Waals surface area contributed by atoms with E-state index in [-0.39, 0.29) is 5.41 Å². The van der Waals surface area contributed by atoms with Gasteiger partial charge in [0, 0.05) is 18.1 Å². The average Bonchev–Trinajstić information content (AvgIpc) is 3.27. The van der Waals surface area contributed by atoms with E-state index >= 15 is 0 Å². The van der Waals surface area contributed by atoms with Crippen molar-refractivity contribution in [1.82, 2.24) is 19.6 Å². The van der Waals surface area contributed by atoms with Gasteiger partial charge >= 0.3 is 0 Å². The average molecular weight is 408 g/mol. The fourth-order valence-electron chi connectivity index (χ4n) is 3.94. The summed E-state index contributed by atoms with van der Waals surface area (Å²) in [5, 5.41) is 9.26. The molecule has 0 saturated heterocycles. The molecule has 2 aromatic heterocycles. The minimum Gasteiger partial charge on any atom is -0.329 e. The monoisotopic (exact) mass is 407 g/mol. The number of benzene rings is 3. The van der Waals surface area contributed by atoms with Crippen LogP contribution in [-0.4, -0.2) is 26.6 Å². The highest BCUT2D eigenvalue weighted by Crippen LogP contribution is 2.33. The molecule has 0 amide bonds. The number of para-hydroxylation sites is 1. The Morgan fingerprint density at radius 3 is 2.39 bits per heavy atom. The Bertz CT molecular complexity index is 1380. The van der Waals surface area contributed by atoms with Crippen molar-refractivity contribution in [2.45, 2.75) is 26.2 Å². The molecular formula is C26H25N5. The lowest BCUT2D eigenvalue weighted by Crippen LogP contribution is -2.13. The summed E-state index contributed by atoms with van der Waals surface area (Å²) in [4.78, 5) is 6.91. The van der Waals surface area contributed by atoms with Gasteiger partial charge in [-0.1, -0.05) is 69.3 Å². The summed E-state index contributed by atoms with van der Waals surface area (Å²) in [7, 11) is 2.05. The third kappa shape index (κ3) is 3.42. The van der Waals surface area contributed by atoms with Crippen molar-refractivity contribution in [2.75, 3.05) is 11.9 Å². The maximum atomic E-state index is 4.80. The number of nitrogens with zero attached hydrogens (tertiary/aromatic N) is 5. The Morgan fingerprint density at radius 2 is 1.61 bits per heavy atom. The minimum atomic E-state index is 0.146. The molecule has 0 N–H and O–H groups in total. The summed E-state index contributed by atoms with van der Waals surface area (Å²) in [5.74, 6) is 1.45. The van der Waals surface area contributed by atoms with Gasteiger partial charge in [-0.15, -0.1) is 10.2 Å². The van der Waals surface area contributed by atoms with Crippen LogP contribution in [0.3, 0.4) is 0 Å². The number of hydrogen-bond acceptors (Lipinski definition) is 4. The van der Waals surface area contributed by atoms with Gasteiger partial charge in [-0.3, -0.25) is 4.40 Å². The van der Waals surface area contributed by atoms with E-state index in [0.717, 1.165) is 22.4 Å². The Labute approximate surface area is 182 Å². The second kappa shape index (κ2) is 7.20. The molecule has 0 radical (unpaired) electrons. The van der Waals surface area contributed by atoms with E-state index in [1.54, 1.807) is 6.33 Å². The second-order valence-corrected chi connectivity index (χ2v) is 8.89. The minimum absolute atomic E-state index is 0.146. The van der Waals surface area contributed by atoms with Crippen LogP contribution in [0.4, 0.5) is 11.5 Å². The van der Waals surface area contributed by atoms with Gasteiger partial charge in [0.1, 0.15) is 12.1 Å². The number of rotatable bonds is 3. The zero-order valence-electron chi connectivity index (χ0n) is 18.2. The molecule has 0 aliphatic rings. The van der Waals surface area contributed by atoms with Gasteiger partial charge < -0.3 is 4.90 Å². The maximum absolute atomic E-state index is 4.80. The molecule has 5 rings (SSSR count). The van der Waals surface area contributed by atoms with Gasteiger partial charge in [-0.2, -0.15) is 4.98 Å². The molecule has 0 saturated carbocycles. The molecule has 5 nitrogen and oxygen atoms in total. The third-order valence-corrected chi connectivity index (χ3v) is 5.78. The lowest BCUT2D eigenvalue weighted by molar-refractivity contribution is 0.590. The summed E-state index contributed by atoms with van der Waals surface area (Å²) >= 11 is 0. The van der Waals surface area contributed by atoms with Gasteiger partial charge in [-0.05, 0) is 46.4 Å². The Morgan fingerprint density at radius 1 is 0.839 bits per heavy atom. The zero-order chi connectivity index (χ0) is 21.6. The highest BCUT2D eigenvalue weighted by Gasteiger charge is 2.16. The number of anilines is 2. The topological polar surface area (TPSA) is 46.3 Å². The van der Waals surface area contributed by atoms with Crippen LogP contribution in [0.2, 0.25) is 0 Å².